The van der Waals surface area contributed by atoms with E-state index in [1.54, 1.807) is 24.3 Å². The Labute approximate surface area is 205 Å². The molecule has 180 valence electrons. The van der Waals surface area contributed by atoms with E-state index < -0.39 is 27.5 Å². The second-order valence-electron chi connectivity index (χ2n) is 7.46. The zero-order valence-electron chi connectivity index (χ0n) is 18.2. The fraction of sp³-hybridized carbons (Fsp3) is 0.0833. The number of halogens is 2. The lowest BCUT2D eigenvalue weighted by Crippen LogP contribution is -2.23. The number of anilines is 1. The number of hydrogen-bond donors (Lipinski definition) is 3. The molecular weight excluding hydrogens is 497 g/mol. The molecule has 1 aromatic heterocycles. The van der Waals surface area contributed by atoms with Gasteiger partial charge in [-0.25, -0.2) is 12.8 Å². The molecule has 3 N–H and O–H groups in total. The van der Waals surface area contributed by atoms with Crippen LogP contribution in [0.4, 0.5) is 10.1 Å². The van der Waals surface area contributed by atoms with Crippen molar-refractivity contribution in [1.29, 1.82) is 0 Å². The van der Waals surface area contributed by atoms with Crippen LogP contribution in [-0.2, 0) is 16.6 Å². The standard InChI is InChI=1S/C24H19ClFN3O5S/c1-34-17-6-8-18(9-7-17)35(32,33)29-21-11-16(26)10-19-22(21)27-13-20(23(19)30)24(31)28-12-14-2-4-15(25)5-3-14/h2-11,13,29H,12H2,1H3,(H,27,30)(H,28,31). The number of fused-ring (bicyclic) bond motifs is 1. The van der Waals surface area contributed by atoms with Crippen LogP contribution in [0.1, 0.15) is 15.9 Å². The average Bonchev–Trinajstić information content (AvgIpc) is 2.84. The maximum Gasteiger partial charge on any atom is 0.261 e. The number of nitrogens with zero attached hydrogens (tertiary/aromatic N) is 1. The van der Waals surface area contributed by atoms with Gasteiger partial charge in [0.1, 0.15) is 22.9 Å². The Kier molecular flexibility index (Phi) is 6.77. The molecule has 0 spiro atoms. The van der Waals surface area contributed by atoms with E-state index >= 15 is 0 Å². The lowest BCUT2D eigenvalue weighted by molar-refractivity contribution is 0.0948. The molecule has 1 heterocycles. The maximum atomic E-state index is 14.4. The quantitative estimate of drug-likeness (QED) is 0.334. The van der Waals surface area contributed by atoms with Crippen LogP contribution in [0.5, 0.6) is 11.5 Å². The number of ether oxygens (including phenoxy) is 1. The predicted octanol–water partition coefficient (Wildman–Crippen LogP) is 4.47. The summed E-state index contributed by atoms with van der Waals surface area (Å²) in [5.41, 5.74) is 0.354. The van der Waals surface area contributed by atoms with Gasteiger partial charge in [-0.15, -0.1) is 0 Å². The van der Waals surface area contributed by atoms with Crippen LogP contribution in [0, 0.1) is 5.82 Å². The van der Waals surface area contributed by atoms with Gasteiger partial charge in [0.05, 0.1) is 23.2 Å². The van der Waals surface area contributed by atoms with E-state index in [4.69, 9.17) is 16.3 Å². The number of aromatic hydroxyl groups is 1. The lowest BCUT2D eigenvalue weighted by atomic mass is 10.1. The largest absolute Gasteiger partial charge is 0.506 e. The zero-order chi connectivity index (χ0) is 25.2. The second kappa shape index (κ2) is 9.77. The molecule has 0 fully saturated rings. The number of hydrogen-bond acceptors (Lipinski definition) is 6. The van der Waals surface area contributed by atoms with Gasteiger partial charge in [-0.1, -0.05) is 23.7 Å². The molecule has 8 nitrogen and oxygen atoms in total. The molecule has 0 aliphatic heterocycles. The average molecular weight is 516 g/mol. The van der Waals surface area contributed by atoms with Crippen molar-refractivity contribution in [1.82, 2.24) is 10.3 Å². The summed E-state index contributed by atoms with van der Waals surface area (Å²) in [6.07, 6.45) is 1.10. The number of benzene rings is 3. The number of pyridine rings is 1. The van der Waals surface area contributed by atoms with Crippen molar-refractivity contribution in [3.05, 3.63) is 88.8 Å². The molecule has 1 amide bonds. The number of carbonyl (C=O) groups excluding carboxylic acids is 1. The molecule has 0 atom stereocenters. The van der Waals surface area contributed by atoms with E-state index in [0.29, 0.717) is 10.8 Å². The normalized spacial score (nSPS) is 11.3. The highest BCUT2D eigenvalue weighted by Gasteiger charge is 2.21. The van der Waals surface area contributed by atoms with Crippen LogP contribution in [0.2, 0.25) is 5.02 Å². The van der Waals surface area contributed by atoms with Crippen molar-refractivity contribution in [2.45, 2.75) is 11.4 Å². The lowest BCUT2D eigenvalue weighted by Gasteiger charge is -2.13. The topological polar surface area (TPSA) is 118 Å². The fourth-order valence-corrected chi connectivity index (χ4v) is 4.52. The molecule has 0 saturated heterocycles. The van der Waals surface area contributed by atoms with Gasteiger partial charge in [-0.05, 0) is 48.0 Å². The molecule has 0 aliphatic rings. The third-order valence-corrected chi connectivity index (χ3v) is 6.77. The molecular formula is C24H19ClFN3O5S. The Morgan fingerprint density at radius 3 is 2.46 bits per heavy atom. The van der Waals surface area contributed by atoms with E-state index in [1.807, 2.05) is 0 Å². The van der Waals surface area contributed by atoms with Gasteiger partial charge in [-0.3, -0.25) is 14.5 Å². The highest BCUT2D eigenvalue weighted by atomic mass is 35.5. The van der Waals surface area contributed by atoms with E-state index in [9.17, 15) is 22.7 Å². The number of rotatable bonds is 7. The SMILES string of the molecule is COc1ccc(S(=O)(=O)Nc2cc(F)cc3c(O)c(C(=O)NCc4ccc(Cl)cc4)cnc23)cc1. The first-order valence-corrected chi connectivity index (χ1v) is 12.0. The van der Waals surface area contributed by atoms with Crippen molar-refractivity contribution in [2.24, 2.45) is 0 Å². The molecule has 35 heavy (non-hydrogen) atoms. The molecule has 11 heteroatoms. The maximum absolute atomic E-state index is 14.4. The van der Waals surface area contributed by atoms with Crippen LogP contribution >= 0.6 is 11.6 Å². The highest BCUT2D eigenvalue weighted by molar-refractivity contribution is 7.92. The van der Waals surface area contributed by atoms with Gasteiger partial charge in [0.15, 0.2) is 0 Å². The first kappa shape index (κ1) is 24.2. The Morgan fingerprint density at radius 2 is 1.80 bits per heavy atom. The molecule has 4 aromatic rings. The molecule has 0 unspecified atom stereocenters. The summed E-state index contributed by atoms with van der Waals surface area (Å²) in [6, 6.07) is 14.3. The van der Waals surface area contributed by atoms with Crippen molar-refractivity contribution in [2.75, 3.05) is 11.8 Å². The summed E-state index contributed by atoms with van der Waals surface area (Å²) < 4.78 is 47.3. The number of carbonyl (C=O) groups is 1. The van der Waals surface area contributed by atoms with Gasteiger partial charge in [0.25, 0.3) is 15.9 Å². The monoisotopic (exact) mass is 515 g/mol. The van der Waals surface area contributed by atoms with Crippen molar-refractivity contribution >= 4 is 44.1 Å². The van der Waals surface area contributed by atoms with Crippen LogP contribution < -0.4 is 14.8 Å². The summed E-state index contributed by atoms with van der Waals surface area (Å²) in [5, 5.41) is 13.8. The molecule has 0 radical (unpaired) electrons. The van der Waals surface area contributed by atoms with E-state index in [-0.39, 0.29) is 33.6 Å². The third kappa shape index (κ3) is 5.28. The number of methoxy groups -OCH3 is 1. The number of sulfonamides is 1. The van der Waals surface area contributed by atoms with Crippen LogP contribution in [0.15, 0.2) is 71.8 Å². The minimum Gasteiger partial charge on any atom is -0.506 e. The minimum absolute atomic E-state index is 0.0322. The Balaban J connectivity index is 1.63. The highest BCUT2D eigenvalue weighted by Crippen LogP contribution is 2.33. The van der Waals surface area contributed by atoms with Gasteiger partial charge in [-0.2, -0.15) is 0 Å². The second-order valence-corrected chi connectivity index (χ2v) is 9.58. The Morgan fingerprint density at radius 1 is 1.11 bits per heavy atom. The minimum atomic E-state index is -4.11. The van der Waals surface area contributed by atoms with Gasteiger partial charge in [0.2, 0.25) is 0 Å². The number of aromatic nitrogens is 1. The smallest absolute Gasteiger partial charge is 0.261 e. The Bertz CT molecular complexity index is 1510. The fourth-order valence-electron chi connectivity index (χ4n) is 3.34. The van der Waals surface area contributed by atoms with E-state index in [0.717, 1.165) is 23.9 Å². The van der Waals surface area contributed by atoms with Crippen LogP contribution in [0.25, 0.3) is 10.9 Å². The van der Waals surface area contributed by atoms with Crippen LogP contribution in [0.3, 0.4) is 0 Å². The van der Waals surface area contributed by atoms with Crippen molar-refractivity contribution < 1.29 is 27.4 Å². The number of amides is 1. The predicted molar refractivity (Wildman–Crippen MR) is 130 cm³/mol. The zero-order valence-corrected chi connectivity index (χ0v) is 19.8. The molecule has 4 rings (SSSR count). The van der Waals surface area contributed by atoms with E-state index in [1.165, 1.54) is 31.4 Å². The molecule has 0 aliphatic carbocycles. The van der Waals surface area contributed by atoms with E-state index in [2.05, 4.69) is 15.0 Å². The van der Waals surface area contributed by atoms with Gasteiger partial charge in [0, 0.05) is 29.2 Å². The Hall–Kier alpha value is -3.89. The number of nitrogens with one attached hydrogen (secondary N) is 2. The summed E-state index contributed by atoms with van der Waals surface area (Å²) in [6.45, 7) is 0.156. The first-order valence-electron chi connectivity index (χ1n) is 10.2. The molecule has 0 bridgehead atoms. The van der Waals surface area contributed by atoms with Crippen molar-refractivity contribution in [3.63, 3.8) is 0 Å². The summed E-state index contributed by atoms with van der Waals surface area (Å²) >= 11 is 5.85. The van der Waals surface area contributed by atoms with Gasteiger partial charge >= 0.3 is 0 Å². The summed E-state index contributed by atoms with van der Waals surface area (Å²) in [5.74, 6) is -1.54. The van der Waals surface area contributed by atoms with Crippen molar-refractivity contribution in [3.8, 4) is 11.5 Å². The van der Waals surface area contributed by atoms with Gasteiger partial charge < -0.3 is 15.2 Å². The molecule has 0 saturated carbocycles. The summed E-state index contributed by atoms with van der Waals surface area (Å²) in [4.78, 5) is 16.7. The molecule has 3 aromatic carbocycles. The first-order chi connectivity index (χ1) is 16.7. The summed E-state index contributed by atoms with van der Waals surface area (Å²) in [7, 11) is -2.66. The third-order valence-electron chi connectivity index (χ3n) is 5.13. The van der Waals surface area contributed by atoms with Crippen LogP contribution in [-0.4, -0.2) is 31.5 Å².